The molecule has 1 rings (SSSR count). The summed E-state index contributed by atoms with van der Waals surface area (Å²) in [5.74, 6) is 0.911. The number of H-pyrrole nitrogens is 1. The highest BCUT2D eigenvalue weighted by molar-refractivity contribution is 4.89. The van der Waals surface area contributed by atoms with Gasteiger partial charge in [0, 0.05) is 6.04 Å². The van der Waals surface area contributed by atoms with Gasteiger partial charge in [-0.1, -0.05) is 19.8 Å². The van der Waals surface area contributed by atoms with Crippen LogP contribution in [0.3, 0.4) is 0 Å². The minimum absolute atomic E-state index is 0.254. The van der Waals surface area contributed by atoms with Crippen LogP contribution in [0, 0.1) is 0 Å². The van der Waals surface area contributed by atoms with Crippen molar-refractivity contribution in [1.82, 2.24) is 20.5 Å². The lowest BCUT2D eigenvalue weighted by Gasteiger charge is -2.17. The van der Waals surface area contributed by atoms with Gasteiger partial charge in [0.1, 0.15) is 12.2 Å². The third kappa shape index (κ3) is 3.46. The third-order valence-corrected chi connectivity index (χ3v) is 2.37. The fourth-order valence-electron chi connectivity index (χ4n) is 1.52. The summed E-state index contributed by atoms with van der Waals surface area (Å²) in [5.41, 5.74) is 0. The van der Waals surface area contributed by atoms with E-state index in [1.807, 2.05) is 0 Å². The fraction of sp³-hybridized carbons (Fsp3) is 0.800. The van der Waals surface area contributed by atoms with Crippen molar-refractivity contribution in [2.24, 2.45) is 0 Å². The SMILES string of the molecule is CCCCC(C)NC(C)c1ncn[nH]1. The Kier molecular flexibility index (Phi) is 4.59. The highest BCUT2D eigenvalue weighted by Gasteiger charge is 2.10. The normalized spacial score (nSPS) is 15.4. The first-order valence-corrected chi connectivity index (χ1v) is 5.35. The maximum Gasteiger partial charge on any atom is 0.141 e. The zero-order valence-electron chi connectivity index (χ0n) is 9.25. The molecule has 1 aromatic heterocycles. The molecule has 2 atom stereocenters. The molecule has 1 heterocycles. The first-order valence-electron chi connectivity index (χ1n) is 5.35. The molecular formula is C10H20N4. The maximum absolute atomic E-state index is 4.12. The Morgan fingerprint density at radius 2 is 2.29 bits per heavy atom. The molecule has 1 aromatic rings. The Labute approximate surface area is 85.5 Å². The Hall–Kier alpha value is -0.900. The van der Waals surface area contributed by atoms with Crippen molar-refractivity contribution in [1.29, 1.82) is 0 Å². The first-order chi connectivity index (χ1) is 6.74. The molecule has 4 nitrogen and oxygen atoms in total. The van der Waals surface area contributed by atoms with Gasteiger partial charge >= 0.3 is 0 Å². The van der Waals surface area contributed by atoms with Crippen LogP contribution in [-0.4, -0.2) is 21.2 Å². The van der Waals surface area contributed by atoms with E-state index in [4.69, 9.17) is 0 Å². The van der Waals surface area contributed by atoms with Gasteiger partial charge in [0.15, 0.2) is 0 Å². The summed E-state index contributed by atoms with van der Waals surface area (Å²) in [6, 6.07) is 0.791. The van der Waals surface area contributed by atoms with Crippen LogP contribution in [0.15, 0.2) is 6.33 Å². The summed E-state index contributed by atoms with van der Waals surface area (Å²) in [5, 5.41) is 10.2. The molecule has 80 valence electrons. The van der Waals surface area contributed by atoms with Crippen molar-refractivity contribution >= 4 is 0 Å². The van der Waals surface area contributed by atoms with Crippen LogP contribution in [0.5, 0.6) is 0 Å². The molecule has 0 radical (unpaired) electrons. The van der Waals surface area contributed by atoms with Crippen LogP contribution in [0.4, 0.5) is 0 Å². The minimum atomic E-state index is 0.254. The number of aromatic nitrogens is 3. The molecule has 4 heteroatoms. The predicted octanol–water partition coefficient (Wildman–Crippen LogP) is 2.03. The van der Waals surface area contributed by atoms with E-state index in [1.54, 1.807) is 6.33 Å². The number of unbranched alkanes of at least 4 members (excludes halogenated alkanes) is 1. The molecule has 0 saturated carbocycles. The van der Waals surface area contributed by atoms with Gasteiger partial charge in [-0.25, -0.2) is 4.98 Å². The fourth-order valence-corrected chi connectivity index (χ4v) is 1.52. The number of nitrogens with one attached hydrogen (secondary N) is 2. The molecule has 14 heavy (non-hydrogen) atoms. The van der Waals surface area contributed by atoms with Gasteiger partial charge in [-0.2, -0.15) is 5.10 Å². The molecule has 0 spiro atoms. The van der Waals surface area contributed by atoms with E-state index in [-0.39, 0.29) is 6.04 Å². The van der Waals surface area contributed by atoms with Gasteiger partial charge in [-0.15, -0.1) is 0 Å². The summed E-state index contributed by atoms with van der Waals surface area (Å²) in [4.78, 5) is 4.12. The summed E-state index contributed by atoms with van der Waals surface area (Å²) in [7, 11) is 0. The summed E-state index contributed by atoms with van der Waals surface area (Å²) in [6.07, 6.45) is 5.29. The van der Waals surface area contributed by atoms with E-state index in [0.29, 0.717) is 6.04 Å². The minimum Gasteiger partial charge on any atom is -0.305 e. The Balaban J connectivity index is 2.29. The van der Waals surface area contributed by atoms with E-state index in [2.05, 4.69) is 41.3 Å². The lowest BCUT2D eigenvalue weighted by atomic mass is 10.1. The third-order valence-electron chi connectivity index (χ3n) is 2.37. The van der Waals surface area contributed by atoms with Crippen molar-refractivity contribution in [2.45, 2.75) is 52.1 Å². The summed E-state index contributed by atoms with van der Waals surface area (Å²) < 4.78 is 0. The van der Waals surface area contributed by atoms with E-state index in [9.17, 15) is 0 Å². The molecule has 0 aromatic carbocycles. The second-order valence-electron chi connectivity index (χ2n) is 3.80. The number of rotatable bonds is 6. The Morgan fingerprint density at radius 1 is 1.50 bits per heavy atom. The largest absolute Gasteiger partial charge is 0.305 e. The smallest absolute Gasteiger partial charge is 0.141 e. The molecule has 2 N–H and O–H groups in total. The van der Waals surface area contributed by atoms with Crippen LogP contribution in [0.25, 0.3) is 0 Å². The highest BCUT2D eigenvalue weighted by atomic mass is 15.2. The summed E-state index contributed by atoms with van der Waals surface area (Å²) >= 11 is 0. The van der Waals surface area contributed by atoms with Crippen molar-refractivity contribution in [3.8, 4) is 0 Å². The van der Waals surface area contributed by atoms with Crippen molar-refractivity contribution in [3.63, 3.8) is 0 Å². The summed E-state index contributed by atoms with van der Waals surface area (Å²) in [6.45, 7) is 6.53. The number of hydrogen-bond acceptors (Lipinski definition) is 3. The molecule has 0 aliphatic rings. The molecule has 0 aliphatic carbocycles. The lowest BCUT2D eigenvalue weighted by Crippen LogP contribution is -2.29. The van der Waals surface area contributed by atoms with E-state index >= 15 is 0 Å². The van der Waals surface area contributed by atoms with Gasteiger partial charge in [0.2, 0.25) is 0 Å². The van der Waals surface area contributed by atoms with Gasteiger partial charge in [0.25, 0.3) is 0 Å². The van der Waals surface area contributed by atoms with Crippen LogP contribution >= 0.6 is 0 Å². The molecule has 0 bridgehead atoms. The van der Waals surface area contributed by atoms with Crippen LogP contribution in [-0.2, 0) is 0 Å². The van der Waals surface area contributed by atoms with Crippen LogP contribution in [0.2, 0.25) is 0 Å². The topological polar surface area (TPSA) is 53.6 Å². The monoisotopic (exact) mass is 196 g/mol. The van der Waals surface area contributed by atoms with Gasteiger partial charge < -0.3 is 5.32 Å². The number of nitrogens with zero attached hydrogens (tertiary/aromatic N) is 2. The van der Waals surface area contributed by atoms with Gasteiger partial charge in [-0.05, 0) is 20.3 Å². The second kappa shape index (κ2) is 5.75. The molecule has 0 saturated heterocycles. The molecule has 0 fully saturated rings. The maximum atomic E-state index is 4.12. The molecule has 0 amide bonds. The standard InChI is InChI=1S/C10H20N4/c1-4-5-6-8(2)13-9(3)10-11-7-12-14-10/h7-9,13H,4-6H2,1-3H3,(H,11,12,14). The highest BCUT2D eigenvalue weighted by Crippen LogP contribution is 2.08. The quantitative estimate of drug-likeness (QED) is 0.732. The van der Waals surface area contributed by atoms with Crippen molar-refractivity contribution in [3.05, 3.63) is 12.2 Å². The molecule has 2 unspecified atom stereocenters. The average molecular weight is 196 g/mol. The predicted molar refractivity (Wildman–Crippen MR) is 56.9 cm³/mol. The van der Waals surface area contributed by atoms with E-state index in [0.717, 1.165) is 5.82 Å². The van der Waals surface area contributed by atoms with Gasteiger partial charge in [0.05, 0.1) is 6.04 Å². The van der Waals surface area contributed by atoms with E-state index < -0.39 is 0 Å². The first kappa shape index (κ1) is 11.2. The number of hydrogen-bond donors (Lipinski definition) is 2. The van der Waals surface area contributed by atoms with Crippen molar-refractivity contribution in [2.75, 3.05) is 0 Å². The second-order valence-corrected chi connectivity index (χ2v) is 3.80. The lowest BCUT2D eigenvalue weighted by molar-refractivity contribution is 0.433. The molecular weight excluding hydrogens is 176 g/mol. The Morgan fingerprint density at radius 3 is 2.86 bits per heavy atom. The zero-order valence-corrected chi connectivity index (χ0v) is 9.25. The van der Waals surface area contributed by atoms with E-state index in [1.165, 1.54) is 19.3 Å². The van der Waals surface area contributed by atoms with Crippen molar-refractivity contribution < 1.29 is 0 Å². The Bertz CT molecular complexity index is 232. The van der Waals surface area contributed by atoms with Gasteiger partial charge in [-0.3, -0.25) is 5.10 Å². The molecule has 0 aliphatic heterocycles. The van der Waals surface area contributed by atoms with Crippen LogP contribution < -0.4 is 5.32 Å². The van der Waals surface area contributed by atoms with Crippen LogP contribution in [0.1, 0.15) is 51.9 Å². The number of aromatic amines is 1. The average Bonchev–Trinajstić information content (AvgIpc) is 2.67. The zero-order chi connectivity index (χ0) is 10.4.